The highest BCUT2D eigenvalue weighted by molar-refractivity contribution is 7.80. The number of nitrogens with zero attached hydrogens (tertiary/aromatic N) is 1. The zero-order chi connectivity index (χ0) is 14.8. The van der Waals surface area contributed by atoms with Gasteiger partial charge < -0.3 is 10.6 Å². The predicted molar refractivity (Wildman–Crippen MR) is 66.6 cm³/mol. The van der Waals surface area contributed by atoms with Crippen molar-refractivity contribution in [3.63, 3.8) is 0 Å². The lowest BCUT2D eigenvalue weighted by Crippen LogP contribution is -2.25. The van der Waals surface area contributed by atoms with Crippen molar-refractivity contribution < 1.29 is 22.0 Å². The van der Waals surface area contributed by atoms with E-state index in [1.54, 1.807) is 0 Å². The van der Waals surface area contributed by atoms with Gasteiger partial charge in [0, 0.05) is 18.3 Å². The summed E-state index contributed by atoms with van der Waals surface area (Å²) >= 11 is 4.54. The zero-order valence-electron chi connectivity index (χ0n) is 9.84. The molecule has 0 bridgehead atoms. The molecule has 1 rings (SSSR count). The molecular weight excluding hydrogens is 287 g/mol. The Bertz CT molecular complexity index is 473. The summed E-state index contributed by atoms with van der Waals surface area (Å²) < 4.78 is 62.9. The number of hydrogen-bond acceptors (Lipinski definition) is 2. The molecule has 0 heterocycles. The lowest BCUT2D eigenvalue weighted by Gasteiger charge is -2.21. The molecule has 0 aliphatic heterocycles. The molecule has 106 valence electrons. The highest BCUT2D eigenvalue weighted by Gasteiger charge is 2.34. The van der Waals surface area contributed by atoms with E-state index in [0.717, 1.165) is 17.0 Å². The Kier molecular flexibility index (Phi) is 4.67. The Balaban J connectivity index is 3.22. The molecule has 0 saturated heterocycles. The summed E-state index contributed by atoms with van der Waals surface area (Å²) in [5.74, 6) is 0. The summed E-state index contributed by atoms with van der Waals surface area (Å²) in [7, 11) is 1.28. The molecule has 2 N–H and O–H groups in total. The van der Waals surface area contributed by atoms with E-state index < -0.39 is 29.7 Å². The Morgan fingerprint density at radius 3 is 2.37 bits per heavy atom. The molecule has 0 unspecified atom stereocenters. The van der Waals surface area contributed by atoms with Crippen LogP contribution in [0.5, 0.6) is 0 Å². The first-order chi connectivity index (χ1) is 8.62. The molecule has 0 spiro atoms. The molecule has 1 aromatic carbocycles. The van der Waals surface area contributed by atoms with Gasteiger partial charge in [-0.3, -0.25) is 0 Å². The van der Waals surface area contributed by atoms with Gasteiger partial charge in [0.1, 0.15) is 4.99 Å². The highest BCUT2D eigenvalue weighted by atomic mass is 32.1. The molecule has 0 saturated carbocycles. The third-order valence-electron chi connectivity index (χ3n) is 2.43. The maximum atomic E-state index is 12.8. The SMILES string of the molecule is CN(CC(F)F)c1ccc(C(N)=S)c(C(F)(F)F)c1. The van der Waals surface area contributed by atoms with E-state index in [0.29, 0.717) is 0 Å². The van der Waals surface area contributed by atoms with Gasteiger partial charge >= 0.3 is 6.18 Å². The van der Waals surface area contributed by atoms with Crippen molar-refractivity contribution in [2.24, 2.45) is 5.73 Å². The third-order valence-corrected chi connectivity index (χ3v) is 2.65. The fourth-order valence-electron chi connectivity index (χ4n) is 1.53. The van der Waals surface area contributed by atoms with Gasteiger partial charge in [-0.05, 0) is 18.2 Å². The predicted octanol–water partition coefficient (Wildman–Crippen LogP) is 3.04. The van der Waals surface area contributed by atoms with Crippen LogP contribution in [0.2, 0.25) is 0 Å². The minimum atomic E-state index is -4.65. The maximum Gasteiger partial charge on any atom is 0.417 e. The normalized spacial score (nSPS) is 11.7. The standard InChI is InChI=1S/C11H11F5N2S/c1-18(5-9(12)13)6-2-3-7(10(17)19)8(4-6)11(14,15)16/h2-4,9H,5H2,1H3,(H2,17,19). The molecule has 0 fully saturated rings. The summed E-state index contributed by atoms with van der Waals surface area (Å²) in [5, 5.41) is 0. The largest absolute Gasteiger partial charge is 0.417 e. The van der Waals surface area contributed by atoms with Crippen LogP contribution in [0.25, 0.3) is 0 Å². The van der Waals surface area contributed by atoms with E-state index in [-0.39, 0.29) is 11.3 Å². The van der Waals surface area contributed by atoms with Crippen LogP contribution >= 0.6 is 12.2 Å². The average molecular weight is 298 g/mol. The minimum Gasteiger partial charge on any atom is -0.389 e. The molecule has 0 atom stereocenters. The van der Waals surface area contributed by atoms with Crippen molar-refractivity contribution >= 4 is 22.9 Å². The lowest BCUT2D eigenvalue weighted by molar-refractivity contribution is -0.137. The van der Waals surface area contributed by atoms with Gasteiger partial charge in [-0.15, -0.1) is 0 Å². The summed E-state index contributed by atoms with van der Waals surface area (Å²) in [6, 6.07) is 3.12. The van der Waals surface area contributed by atoms with Crippen LogP contribution in [0.4, 0.5) is 27.6 Å². The monoisotopic (exact) mass is 298 g/mol. The van der Waals surface area contributed by atoms with Crippen LogP contribution in [0.1, 0.15) is 11.1 Å². The van der Waals surface area contributed by atoms with Crippen molar-refractivity contribution in [1.82, 2.24) is 0 Å². The summed E-state index contributed by atoms with van der Waals surface area (Å²) in [4.78, 5) is 0.638. The summed E-state index contributed by atoms with van der Waals surface area (Å²) in [6.45, 7) is -0.663. The van der Waals surface area contributed by atoms with Crippen LogP contribution in [-0.2, 0) is 6.18 Å². The van der Waals surface area contributed by atoms with Crippen LogP contribution in [0.3, 0.4) is 0 Å². The molecule has 0 radical (unpaired) electrons. The highest BCUT2D eigenvalue weighted by Crippen LogP contribution is 2.34. The van der Waals surface area contributed by atoms with Crippen molar-refractivity contribution in [3.8, 4) is 0 Å². The molecule has 19 heavy (non-hydrogen) atoms. The van der Waals surface area contributed by atoms with E-state index in [1.807, 2.05) is 0 Å². The van der Waals surface area contributed by atoms with Gasteiger partial charge in [0.15, 0.2) is 0 Å². The zero-order valence-corrected chi connectivity index (χ0v) is 10.7. The van der Waals surface area contributed by atoms with Gasteiger partial charge in [0.05, 0.1) is 12.1 Å². The van der Waals surface area contributed by atoms with Gasteiger partial charge in [-0.1, -0.05) is 12.2 Å². The molecule has 8 heteroatoms. The molecule has 0 aliphatic rings. The molecule has 0 amide bonds. The second-order valence-electron chi connectivity index (χ2n) is 3.86. The first-order valence-electron chi connectivity index (χ1n) is 5.13. The second-order valence-corrected chi connectivity index (χ2v) is 4.30. The van der Waals surface area contributed by atoms with E-state index in [2.05, 4.69) is 12.2 Å². The maximum absolute atomic E-state index is 12.8. The quantitative estimate of drug-likeness (QED) is 0.684. The number of nitrogens with two attached hydrogens (primary N) is 1. The van der Waals surface area contributed by atoms with Gasteiger partial charge in [-0.25, -0.2) is 8.78 Å². The fraction of sp³-hybridized carbons (Fsp3) is 0.364. The summed E-state index contributed by atoms with van der Waals surface area (Å²) in [6.07, 6.45) is -7.30. The van der Waals surface area contributed by atoms with Crippen LogP contribution in [-0.4, -0.2) is 25.0 Å². The van der Waals surface area contributed by atoms with E-state index in [4.69, 9.17) is 5.73 Å². The smallest absolute Gasteiger partial charge is 0.389 e. The van der Waals surface area contributed by atoms with E-state index >= 15 is 0 Å². The molecule has 0 aliphatic carbocycles. The Labute approximate surface area is 112 Å². The number of halogens is 5. The lowest BCUT2D eigenvalue weighted by atomic mass is 10.1. The molecular formula is C11H11F5N2S. The molecule has 0 aromatic heterocycles. The van der Waals surface area contributed by atoms with Gasteiger partial charge in [-0.2, -0.15) is 13.2 Å². The van der Waals surface area contributed by atoms with Gasteiger partial charge in [0.25, 0.3) is 6.43 Å². The average Bonchev–Trinajstić information content (AvgIpc) is 2.25. The van der Waals surface area contributed by atoms with Crippen molar-refractivity contribution in [3.05, 3.63) is 29.3 Å². The number of benzene rings is 1. The molecule has 1 aromatic rings. The Hall–Kier alpha value is -1.44. The first-order valence-corrected chi connectivity index (χ1v) is 5.54. The second kappa shape index (κ2) is 5.68. The Morgan fingerprint density at radius 2 is 1.95 bits per heavy atom. The first kappa shape index (κ1) is 15.6. The number of thiocarbonyl (C=S) groups is 1. The number of hydrogen-bond donors (Lipinski definition) is 1. The van der Waals surface area contributed by atoms with E-state index in [9.17, 15) is 22.0 Å². The topological polar surface area (TPSA) is 29.3 Å². The third kappa shape index (κ3) is 4.02. The number of alkyl halides is 5. The minimum absolute atomic E-state index is 0.0209. The molecule has 2 nitrogen and oxygen atoms in total. The number of anilines is 1. The number of rotatable bonds is 4. The fourth-order valence-corrected chi connectivity index (χ4v) is 1.71. The van der Waals surface area contributed by atoms with Crippen LogP contribution in [0.15, 0.2) is 18.2 Å². The van der Waals surface area contributed by atoms with Crippen molar-refractivity contribution in [2.75, 3.05) is 18.5 Å². The summed E-state index contributed by atoms with van der Waals surface area (Å²) in [5.41, 5.74) is 3.89. The van der Waals surface area contributed by atoms with Crippen molar-refractivity contribution in [2.45, 2.75) is 12.6 Å². The van der Waals surface area contributed by atoms with Gasteiger partial charge in [0.2, 0.25) is 0 Å². The van der Waals surface area contributed by atoms with Crippen LogP contribution in [0, 0.1) is 0 Å². The van der Waals surface area contributed by atoms with E-state index in [1.165, 1.54) is 13.1 Å². The van der Waals surface area contributed by atoms with Crippen LogP contribution < -0.4 is 10.6 Å². The van der Waals surface area contributed by atoms with Crippen molar-refractivity contribution in [1.29, 1.82) is 0 Å². The Morgan fingerprint density at radius 1 is 1.37 bits per heavy atom.